The summed E-state index contributed by atoms with van der Waals surface area (Å²) in [6, 6.07) is 0. The largest absolute Gasteiger partial charge is 0.103 e. The summed E-state index contributed by atoms with van der Waals surface area (Å²) in [5, 5.41) is 1.18. The van der Waals surface area contributed by atoms with Crippen molar-refractivity contribution < 1.29 is 0 Å². The lowest BCUT2D eigenvalue weighted by Crippen LogP contribution is -2.13. The average molecular weight is 203 g/mol. The fourth-order valence-electron chi connectivity index (χ4n) is 1.42. The molecular weight excluding hydrogens is 188 g/mol. The third-order valence-corrected chi connectivity index (χ3v) is 3.84. The molecule has 1 fully saturated rings. The van der Waals surface area contributed by atoms with Gasteiger partial charge >= 0.3 is 0 Å². The lowest BCUT2D eigenvalue weighted by atomic mass is 9.90. The molecule has 58 valence electrons. The fourth-order valence-corrected chi connectivity index (χ4v) is 2.53. The van der Waals surface area contributed by atoms with Crippen LogP contribution in [0, 0.1) is 11.3 Å². The standard InChI is InChI=1S/C9H15Br/c1-3-4-8(2)9(7-10)5-6-9/h3,8H,1,4-7H2,2H3. The van der Waals surface area contributed by atoms with E-state index >= 15 is 0 Å². The summed E-state index contributed by atoms with van der Waals surface area (Å²) in [6.45, 7) is 6.09. The zero-order chi connectivity index (χ0) is 7.61. The molecule has 0 heterocycles. The minimum atomic E-state index is 0.647. The highest BCUT2D eigenvalue weighted by molar-refractivity contribution is 9.09. The summed E-state index contributed by atoms with van der Waals surface area (Å²) in [7, 11) is 0. The van der Waals surface area contributed by atoms with Crippen molar-refractivity contribution in [1.82, 2.24) is 0 Å². The maximum absolute atomic E-state index is 3.76. The topological polar surface area (TPSA) is 0 Å². The molecule has 0 amide bonds. The Balaban J connectivity index is 2.38. The highest BCUT2D eigenvalue weighted by Crippen LogP contribution is 2.54. The molecule has 1 rings (SSSR count). The van der Waals surface area contributed by atoms with E-state index in [9.17, 15) is 0 Å². The SMILES string of the molecule is C=CCC(C)C1(CBr)CC1. The van der Waals surface area contributed by atoms with Crippen LogP contribution >= 0.6 is 15.9 Å². The molecule has 0 aromatic rings. The molecule has 0 aromatic heterocycles. The van der Waals surface area contributed by atoms with E-state index in [4.69, 9.17) is 0 Å². The van der Waals surface area contributed by atoms with E-state index in [1.807, 2.05) is 6.08 Å². The van der Waals surface area contributed by atoms with Crippen LogP contribution in [-0.4, -0.2) is 5.33 Å². The molecule has 1 unspecified atom stereocenters. The Kier molecular flexibility index (Phi) is 2.56. The molecule has 0 aromatic carbocycles. The van der Waals surface area contributed by atoms with E-state index in [1.54, 1.807) is 0 Å². The average Bonchev–Trinajstić information content (AvgIpc) is 2.68. The minimum Gasteiger partial charge on any atom is -0.103 e. The first kappa shape index (κ1) is 8.32. The number of hydrogen-bond acceptors (Lipinski definition) is 0. The molecule has 0 radical (unpaired) electrons. The Hall–Kier alpha value is 0.220. The zero-order valence-electron chi connectivity index (χ0n) is 6.57. The summed E-state index contributed by atoms with van der Waals surface area (Å²) >= 11 is 3.57. The van der Waals surface area contributed by atoms with Gasteiger partial charge in [-0.05, 0) is 30.6 Å². The van der Waals surface area contributed by atoms with Crippen LogP contribution in [0.15, 0.2) is 12.7 Å². The van der Waals surface area contributed by atoms with Crippen molar-refractivity contribution in [3.63, 3.8) is 0 Å². The van der Waals surface area contributed by atoms with Gasteiger partial charge in [0.1, 0.15) is 0 Å². The van der Waals surface area contributed by atoms with Crippen molar-refractivity contribution in [2.24, 2.45) is 11.3 Å². The highest BCUT2D eigenvalue weighted by Gasteiger charge is 2.45. The molecule has 0 aliphatic heterocycles. The van der Waals surface area contributed by atoms with Gasteiger partial charge in [-0.2, -0.15) is 0 Å². The van der Waals surface area contributed by atoms with Crippen LogP contribution < -0.4 is 0 Å². The van der Waals surface area contributed by atoms with Crippen LogP contribution in [0.25, 0.3) is 0 Å². The van der Waals surface area contributed by atoms with Gasteiger partial charge in [0.15, 0.2) is 0 Å². The van der Waals surface area contributed by atoms with Crippen LogP contribution in [-0.2, 0) is 0 Å². The molecule has 0 spiro atoms. The van der Waals surface area contributed by atoms with Crippen molar-refractivity contribution in [2.45, 2.75) is 26.2 Å². The molecule has 0 saturated heterocycles. The van der Waals surface area contributed by atoms with E-state index in [0.717, 1.165) is 5.92 Å². The van der Waals surface area contributed by atoms with E-state index in [0.29, 0.717) is 5.41 Å². The highest BCUT2D eigenvalue weighted by atomic mass is 79.9. The monoisotopic (exact) mass is 202 g/mol. The molecule has 1 aliphatic carbocycles. The second kappa shape index (κ2) is 3.08. The summed E-state index contributed by atoms with van der Waals surface area (Å²) < 4.78 is 0. The molecule has 0 nitrogen and oxygen atoms in total. The third-order valence-electron chi connectivity index (χ3n) is 2.72. The van der Waals surface area contributed by atoms with E-state index in [2.05, 4.69) is 29.4 Å². The molecule has 1 saturated carbocycles. The summed E-state index contributed by atoms with van der Waals surface area (Å²) in [5.41, 5.74) is 0.647. The minimum absolute atomic E-state index is 0.647. The molecule has 0 N–H and O–H groups in total. The van der Waals surface area contributed by atoms with Gasteiger partial charge in [0, 0.05) is 5.33 Å². The zero-order valence-corrected chi connectivity index (χ0v) is 8.15. The summed E-state index contributed by atoms with van der Waals surface area (Å²) in [6.07, 6.45) is 6.03. The molecule has 1 atom stereocenters. The molecule has 10 heavy (non-hydrogen) atoms. The molecule has 1 heteroatoms. The van der Waals surface area contributed by atoms with Gasteiger partial charge in [-0.25, -0.2) is 0 Å². The van der Waals surface area contributed by atoms with Crippen molar-refractivity contribution in [3.05, 3.63) is 12.7 Å². The van der Waals surface area contributed by atoms with Crippen molar-refractivity contribution in [3.8, 4) is 0 Å². The normalized spacial score (nSPS) is 23.8. The van der Waals surface area contributed by atoms with Crippen LogP contribution in [0.2, 0.25) is 0 Å². The fraction of sp³-hybridized carbons (Fsp3) is 0.778. The summed E-state index contributed by atoms with van der Waals surface area (Å²) in [5.74, 6) is 0.823. The number of allylic oxidation sites excluding steroid dienone is 1. The van der Waals surface area contributed by atoms with Crippen LogP contribution in [0.3, 0.4) is 0 Å². The van der Waals surface area contributed by atoms with Crippen LogP contribution in [0.4, 0.5) is 0 Å². The first-order chi connectivity index (χ1) is 4.75. The number of alkyl halides is 1. The van der Waals surface area contributed by atoms with Crippen molar-refractivity contribution >= 4 is 15.9 Å². The third kappa shape index (κ3) is 1.45. The first-order valence-electron chi connectivity index (χ1n) is 3.92. The van der Waals surface area contributed by atoms with Crippen LogP contribution in [0.5, 0.6) is 0 Å². The quantitative estimate of drug-likeness (QED) is 0.485. The van der Waals surface area contributed by atoms with Gasteiger partial charge in [-0.3, -0.25) is 0 Å². The number of halogens is 1. The molecule has 0 bridgehead atoms. The Bertz CT molecular complexity index is 125. The van der Waals surface area contributed by atoms with Gasteiger partial charge in [-0.15, -0.1) is 6.58 Å². The Labute approximate surface area is 71.8 Å². The van der Waals surface area contributed by atoms with Crippen LogP contribution in [0.1, 0.15) is 26.2 Å². The second-order valence-electron chi connectivity index (χ2n) is 3.42. The molecule has 1 aliphatic rings. The van der Waals surface area contributed by atoms with Gasteiger partial charge < -0.3 is 0 Å². The lowest BCUT2D eigenvalue weighted by Gasteiger charge is -2.18. The molecular formula is C9H15Br. The second-order valence-corrected chi connectivity index (χ2v) is 3.98. The Morgan fingerprint density at radius 3 is 2.60 bits per heavy atom. The lowest BCUT2D eigenvalue weighted by molar-refractivity contribution is 0.378. The van der Waals surface area contributed by atoms with Gasteiger partial charge in [0.2, 0.25) is 0 Å². The van der Waals surface area contributed by atoms with Gasteiger partial charge in [0.05, 0.1) is 0 Å². The maximum atomic E-state index is 3.76. The Morgan fingerprint density at radius 1 is 1.70 bits per heavy atom. The first-order valence-corrected chi connectivity index (χ1v) is 5.04. The maximum Gasteiger partial charge on any atom is 0.00906 e. The summed E-state index contributed by atoms with van der Waals surface area (Å²) in [4.78, 5) is 0. The van der Waals surface area contributed by atoms with Gasteiger partial charge in [-0.1, -0.05) is 28.9 Å². The van der Waals surface area contributed by atoms with Gasteiger partial charge in [0.25, 0.3) is 0 Å². The Morgan fingerprint density at radius 2 is 2.30 bits per heavy atom. The predicted molar refractivity (Wildman–Crippen MR) is 49.4 cm³/mol. The van der Waals surface area contributed by atoms with E-state index in [1.165, 1.54) is 24.6 Å². The van der Waals surface area contributed by atoms with E-state index in [-0.39, 0.29) is 0 Å². The van der Waals surface area contributed by atoms with Crippen molar-refractivity contribution in [2.75, 3.05) is 5.33 Å². The predicted octanol–water partition coefficient (Wildman–Crippen LogP) is 3.37. The number of rotatable bonds is 4. The number of hydrogen-bond donors (Lipinski definition) is 0. The smallest absolute Gasteiger partial charge is 0.00906 e. The van der Waals surface area contributed by atoms with E-state index < -0.39 is 0 Å². The van der Waals surface area contributed by atoms with Crippen molar-refractivity contribution in [1.29, 1.82) is 0 Å².